The van der Waals surface area contributed by atoms with E-state index in [1.165, 1.54) is 12.3 Å². The lowest BCUT2D eigenvalue weighted by Gasteiger charge is -2.18. The monoisotopic (exact) mass is 325 g/mol. The van der Waals surface area contributed by atoms with Gasteiger partial charge in [0.15, 0.2) is 0 Å². The van der Waals surface area contributed by atoms with Gasteiger partial charge < -0.3 is 0 Å². The number of rotatable bonds is 4. The van der Waals surface area contributed by atoms with Crippen molar-refractivity contribution in [1.82, 2.24) is 5.43 Å². The molecule has 6 heteroatoms. The van der Waals surface area contributed by atoms with Gasteiger partial charge in [0.25, 0.3) is 11.6 Å². The Labute approximate surface area is 140 Å². The largest absolute Gasteiger partial charge is 0.278 e. The molecule has 124 valence electrons. The zero-order valence-electron chi connectivity index (χ0n) is 13.8. The number of nitrogens with one attached hydrogen (secondary N) is 1. The summed E-state index contributed by atoms with van der Waals surface area (Å²) in [5, 5.41) is 14.7. The van der Waals surface area contributed by atoms with Crippen LogP contribution < -0.4 is 5.43 Å². The van der Waals surface area contributed by atoms with Crippen LogP contribution in [0.2, 0.25) is 0 Å². The van der Waals surface area contributed by atoms with E-state index in [9.17, 15) is 14.9 Å². The maximum Gasteiger partial charge on any atom is 0.278 e. The molecular weight excluding hydrogens is 306 g/mol. The van der Waals surface area contributed by atoms with Gasteiger partial charge in [-0.3, -0.25) is 14.9 Å². The van der Waals surface area contributed by atoms with Crippen molar-refractivity contribution in [3.63, 3.8) is 0 Å². The Kier molecular flexibility index (Phi) is 5.08. The number of nitro groups is 1. The van der Waals surface area contributed by atoms with Gasteiger partial charge in [-0.1, -0.05) is 45.0 Å². The van der Waals surface area contributed by atoms with Gasteiger partial charge >= 0.3 is 0 Å². The number of amides is 1. The topological polar surface area (TPSA) is 84.6 Å². The van der Waals surface area contributed by atoms with Gasteiger partial charge in [-0.2, -0.15) is 5.10 Å². The van der Waals surface area contributed by atoms with Gasteiger partial charge in [0, 0.05) is 11.6 Å². The summed E-state index contributed by atoms with van der Waals surface area (Å²) >= 11 is 0. The van der Waals surface area contributed by atoms with Crippen molar-refractivity contribution in [3.05, 3.63) is 75.3 Å². The van der Waals surface area contributed by atoms with Crippen LogP contribution in [0.15, 0.2) is 53.6 Å². The van der Waals surface area contributed by atoms with E-state index in [4.69, 9.17) is 0 Å². The molecule has 0 saturated heterocycles. The van der Waals surface area contributed by atoms with Crippen LogP contribution in [0.5, 0.6) is 0 Å². The molecule has 0 atom stereocenters. The molecule has 0 saturated carbocycles. The second kappa shape index (κ2) is 7.04. The van der Waals surface area contributed by atoms with Crippen LogP contribution in [-0.2, 0) is 5.41 Å². The highest BCUT2D eigenvalue weighted by Gasteiger charge is 2.14. The second-order valence-corrected chi connectivity index (χ2v) is 6.34. The van der Waals surface area contributed by atoms with Gasteiger partial charge in [-0.25, -0.2) is 5.43 Å². The van der Waals surface area contributed by atoms with Crippen LogP contribution in [0.3, 0.4) is 0 Å². The lowest BCUT2D eigenvalue weighted by atomic mass is 9.87. The van der Waals surface area contributed by atoms with Crippen LogP contribution in [0, 0.1) is 10.1 Å². The number of hydrogen-bond acceptors (Lipinski definition) is 4. The Morgan fingerprint density at radius 2 is 1.75 bits per heavy atom. The third kappa shape index (κ3) is 4.25. The van der Waals surface area contributed by atoms with Crippen molar-refractivity contribution in [2.45, 2.75) is 26.2 Å². The molecule has 2 aromatic carbocycles. The molecule has 0 unspecified atom stereocenters. The SMILES string of the molecule is CC(C)(C)c1ccc(C(=O)N/N=C/c2ccccc2[N+](=O)[O-])cc1. The van der Waals surface area contributed by atoms with Crippen LogP contribution in [0.1, 0.15) is 42.3 Å². The molecule has 0 fully saturated rings. The summed E-state index contributed by atoms with van der Waals surface area (Å²) in [6.45, 7) is 6.29. The summed E-state index contributed by atoms with van der Waals surface area (Å²) in [4.78, 5) is 22.5. The number of hydrogen-bond donors (Lipinski definition) is 1. The number of nitro benzene ring substituents is 1. The van der Waals surface area contributed by atoms with Crippen molar-refractivity contribution in [2.24, 2.45) is 5.10 Å². The zero-order valence-corrected chi connectivity index (χ0v) is 13.8. The molecule has 0 aliphatic heterocycles. The quantitative estimate of drug-likeness (QED) is 0.529. The molecular formula is C18H19N3O3. The number of para-hydroxylation sites is 1. The van der Waals surface area contributed by atoms with E-state index in [-0.39, 0.29) is 17.0 Å². The van der Waals surface area contributed by atoms with Crippen molar-refractivity contribution >= 4 is 17.8 Å². The predicted molar refractivity (Wildman–Crippen MR) is 93.3 cm³/mol. The van der Waals surface area contributed by atoms with Crippen LogP contribution in [0.4, 0.5) is 5.69 Å². The van der Waals surface area contributed by atoms with Crippen LogP contribution >= 0.6 is 0 Å². The van der Waals surface area contributed by atoms with E-state index in [1.807, 2.05) is 12.1 Å². The molecule has 0 aliphatic carbocycles. The van der Waals surface area contributed by atoms with Crippen molar-refractivity contribution in [2.75, 3.05) is 0 Å². The Bertz CT molecular complexity index is 775. The molecule has 24 heavy (non-hydrogen) atoms. The normalized spacial score (nSPS) is 11.5. The van der Waals surface area contributed by atoms with E-state index in [2.05, 4.69) is 31.3 Å². The minimum atomic E-state index is -0.492. The van der Waals surface area contributed by atoms with Crippen molar-refractivity contribution in [1.29, 1.82) is 0 Å². The number of hydrazone groups is 1. The van der Waals surface area contributed by atoms with Gasteiger partial charge in [0.1, 0.15) is 0 Å². The smallest absolute Gasteiger partial charge is 0.267 e. The minimum Gasteiger partial charge on any atom is -0.267 e. The third-order valence-corrected chi connectivity index (χ3v) is 3.52. The molecule has 0 heterocycles. The fraction of sp³-hybridized carbons (Fsp3) is 0.222. The lowest BCUT2D eigenvalue weighted by molar-refractivity contribution is -0.385. The highest BCUT2D eigenvalue weighted by atomic mass is 16.6. The van der Waals surface area contributed by atoms with E-state index >= 15 is 0 Å². The van der Waals surface area contributed by atoms with Gasteiger partial charge in [-0.15, -0.1) is 0 Å². The highest BCUT2D eigenvalue weighted by molar-refractivity contribution is 5.95. The number of nitrogens with zero attached hydrogens (tertiary/aromatic N) is 2. The fourth-order valence-electron chi connectivity index (χ4n) is 2.11. The number of carbonyl (C=O) groups is 1. The first-order chi connectivity index (χ1) is 11.3. The standard InChI is InChI=1S/C18H19N3O3/c1-18(2,3)15-10-8-13(9-11-15)17(22)20-19-12-14-6-4-5-7-16(14)21(23)24/h4-12H,1-3H3,(H,20,22)/b19-12+. The summed E-state index contributed by atoms with van der Waals surface area (Å²) in [5.41, 5.74) is 4.26. The van der Waals surface area contributed by atoms with E-state index < -0.39 is 4.92 Å². The first kappa shape index (κ1) is 17.3. The summed E-state index contributed by atoms with van der Waals surface area (Å²) in [5.74, 6) is -0.370. The second-order valence-electron chi connectivity index (χ2n) is 6.34. The molecule has 2 aromatic rings. The summed E-state index contributed by atoms with van der Waals surface area (Å²) < 4.78 is 0. The first-order valence-electron chi connectivity index (χ1n) is 7.46. The van der Waals surface area contributed by atoms with Gasteiger partial charge in [0.2, 0.25) is 0 Å². The Balaban J connectivity index is 2.07. The summed E-state index contributed by atoms with van der Waals surface area (Å²) in [6, 6.07) is 13.5. The van der Waals surface area contributed by atoms with E-state index in [0.717, 1.165) is 5.56 Å². The average molecular weight is 325 g/mol. The molecule has 0 spiro atoms. The minimum absolute atomic E-state index is 0.0133. The zero-order chi connectivity index (χ0) is 17.7. The van der Waals surface area contributed by atoms with E-state index in [1.54, 1.807) is 30.3 Å². The summed E-state index contributed by atoms with van der Waals surface area (Å²) in [7, 11) is 0. The molecule has 0 aromatic heterocycles. The third-order valence-electron chi connectivity index (χ3n) is 3.52. The predicted octanol–water partition coefficient (Wildman–Crippen LogP) is 3.66. The van der Waals surface area contributed by atoms with Crippen LogP contribution in [-0.4, -0.2) is 17.0 Å². The maximum atomic E-state index is 12.1. The molecule has 0 bridgehead atoms. The molecule has 2 rings (SSSR count). The lowest BCUT2D eigenvalue weighted by Crippen LogP contribution is -2.18. The molecule has 0 aliphatic rings. The molecule has 1 N–H and O–H groups in total. The Hall–Kier alpha value is -3.02. The van der Waals surface area contributed by atoms with Crippen LogP contribution in [0.25, 0.3) is 0 Å². The van der Waals surface area contributed by atoms with E-state index in [0.29, 0.717) is 11.1 Å². The van der Waals surface area contributed by atoms with Crippen molar-refractivity contribution < 1.29 is 9.72 Å². The first-order valence-corrected chi connectivity index (χ1v) is 7.46. The van der Waals surface area contributed by atoms with Gasteiger partial charge in [-0.05, 0) is 29.2 Å². The molecule has 0 radical (unpaired) electrons. The number of benzene rings is 2. The number of carbonyl (C=O) groups excluding carboxylic acids is 1. The van der Waals surface area contributed by atoms with Gasteiger partial charge in [0.05, 0.1) is 16.7 Å². The summed E-state index contributed by atoms with van der Waals surface area (Å²) in [6.07, 6.45) is 1.26. The molecule has 1 amide bonds. The molecule has 6 nitrogen and oxygen atoms in total. The highest BCUT2D eigenvalue weighted by Crippen LogP contribution is 2.22. The fourth-order valence-corrected chi connectivity index (χ4v) is 2.11. The Morgan fingerprint density at radius 3 is 2.33 bits per heavy atom. The van der Waals surface area contributed by atoms with Crippen molar-refractivity contribution in [3.8, 4) is 0 Å². The Morgan fingerprint density at radius 1 is 1.12 bits per heavy atom. The maximum absolute atomic E-state index is 12.1. The average Bonchev–Trinajstić information content (AvgIpc) is 2.54.